The molecule has 0 aliphatic heterocycles. The molecule has 0 aliphatic carbocycles. The van der Waals surface area contributed by atoms with Gasteiger partial charge < -0.3 is 9.84 Å². The maximum Gasteiger partial charge on any atom is 0.240 e. The van der Waals surface area contributed by atoms with Gasteiger partial charge in [0.25, 0.3) is 0 Å². The van der Waals surface area contributed by atoms with Gasteiger partial charge in [-0.15, -0.1) is 0 Å². The van der Waals surface area contributed by atoms with Crippen LogP contribution in [0.1, 0.15) is 5.56 Å². The fourth-order valence-electron chi connectivity index (χ4n) is 1.41. The zero-order valence-electron chi connectivity index (χ0n) is 10.3. The Labute approximate surface area is 112 Å². The molecule has 0 radical (unpaired) electrons. The second kappa shape index (κ2) is 6.98. The Morgan fingerprint density at radius 2 is 2.17 bits per heavy atom. The molecule has 0 saturated heterocycles. The molecule has 1 rings (SSSR count). The molecule has 0 aliphatic rings. The average molecular weight is 291 g/mol. The third-order valence-electron chi connectivity index (χ3n) is 2.33. The number of ether oxygens (including phenoxy) is 1. The first-order valence-electron chi connectivity index (χ1n) is 5.31. The van der Waals surface area contributed by atoms with Crippen LogP contribution >= 0.6 is 11.8 Å². The van der Waals surface area contributed by atoms with E-state index in [9.17, 15) is 8.42 Å². The fourth-order valence-corrected chi connectivity index (χ4v) is 2.92. The fraction of sp³-hybridized carbons (Fsp3) is 0.455. The maximum atomic E-state index is 11.9. The van der Waals surface area contributed by atoms with Crippen molar-refractivity contribution in [2.24, 2.45) is 0 Å². The maximum absolute atomic E-state index is 11.9. The highest BCUT2D eigenvalue weighted by molar-refractivity contribution is 7.98. The number of nitrogens with one attached hydrogen (secondary N) is 1. The molecule has 0 fully saturated rings. The van der Waals surface area contributed by atoms with Crippen molar-refractivity contribution in [3.63, 3.8) is 0 Å². The molecule has 18 heavy (non-hydrogen) atoms. The van der Waals surface area contributed by atoms with Crippen LogP contribution in [0.15, 0.2) is 23.1 Å². The molecule has 0 atom stereocenters. The quantitative estimate of drug-likeness (QED) is 0.728. The van der Waals surface area contributed by atoms with E-state index in [1.54, 1.807) is 11.8 Å². The number of sulfonamides is 1. The lowest BCUT2D eigenvalue weighted by Gasteiger charge is -2.10. The van der Waals surface area contributed by atoms with Gasteiger partial charge in [-0.3, -0.25) is 0 Å². The summed E-state index contributed by atoms with van der Waals surface area (Å²) >= 11 is 1.56. The zero-order chi connectivity index (χ0) is 13.6. The molecule has 0 aromatic heterocycles. The average Bonchev–Trinajstić information content (AvgIpc) is 2.38. The molecule has 7 heteroatoms. The van der Waals surface area contributed by atoms with E-state index in [-0.39, 0.29) is 11.5 Å². The molecule has 0 amide bonds. The number of aliphatic hydroxyl groups excluding tert-OH is 1. The zero-order valence-corrected chi connectivity index (χ0v) is 12.0. The van der Waals surface area contributed by atoms with Crippen LogP contribution in [-0.4, -0.2) is 39.2 Å². The Morgan fingerprint density at radius 1 is 1.44 bits per heavy atom. The molecule has 2 N–H and O–H groups in total. The topological polar surface area (TPSA) is 75.6 Å². The van der Waals surface area contributed by atoms with Gasteiger partial charge in [-0.25, -0.2) is 13.1 Å². The minimum atomic E-state index is -3.52. The van der Waals surface area contributed by atoms with E-state index in [4.69, 9.17) is 9.84 Å². The molecule has 0 saturated carbocycles. The van der Waals surface area contributed by atoms with Crippen LogP contribution in [0, 0.1) is 0 Å². The third kappa shape index (κ3) is 3.88. The van der Waals surface area contributed by atoms with Crippen molar-refractivity contribution < 1.29 is 18.3 Å². The molecular formula is C11H17NO4S2. The molecule has 0 bridgehead atoms. The summed E-state index contributed by atoms with van der Waals surface area (Å²) < 4.78 is 31.4. The van der Waals surface area contributed by atoms with E-state index in [1.807, 2.05) is 6.26 Å². The van der Waals surface area contributed by atoms with Crippen molar-refractivity contribution in [1.29, 1.82) is 0 Å². The summed E-state index contributed by atoms with van der Waals surface area (Å²) in [5, 5.41) is 9.16. The largest absolute Gasteiger partial charge is 0.496 e. The summed E-state index contributed by atoms with van der Waals surface area (Å²) in [6.07, 6.45) is 1.91. The molecule has 0 spiro atoms. The minimum absolute atomic E-state index is 0.133. The van der Waals surface area contributed by atoms with Crippen molar-refractivity contribution in [2.45, 2.75) is 11.5 Å². The summed E-state index contributed by atoms with van der Waals surface area (Å²) in [5.41, 5.74) is 0.449. The van der Waals surface area contributed by atoms with Gasteiger partial charge in [0.2, 0.25) is 10.0 Å². The normalized spacial score (nSPS) is 11.5. The van der Waals surface area contributed by atoms with Crippen molar-refractivity contribution in [3.05, 3.63) is 23.8 Å². The summed E-state index contributed by atoms with van der Waals surface area (Å²) in [7, 11) is -2.05. The number of methoxy groups -OCH3 is 1. The van der Waals surface area contributed by atoms with Crippen molar-refractivity contribution in [1.82, 2.24) is 4.72 Å². The van der Waals surface area contributed by atoms with Crippen LogP contribution in [0.5, 0.6) is 5.75 Å². The second-order valence-corrected chi connectivity index (χ2v) is 6.27. The summed E-state index contributed by atoms with van der Waals surface area (Å²) in [6.45, 7) is 0.112. The predicted molar refractivity (Wildman–Crippen MR) is 72.5 cm³/mol. The monoisotopic (exact) mass is 291 g/mol. The van der Waals surface area contributed by atoms with Gasteiger partial charge in [-0.05, 0) is 24.5 Å². The Balaban J connectivity index is 2.95. The molecule has 1 aromatic carbocycles. The first-order chi connectivity index (χ1) is 8.55. The van der Waals surface area contributed by atoms with Crippen LogP contribution < -0.4 is 9.46 Å². The summed E-state index contributed by atoms with van der Waals surface area (Å²) in [4.78, 5) is 0.133. The van der Waals surface area contributed by atoms with Crippen LogP contribution in [0.2, 0.25) is 0 Å². The van der Waals surface area contributed by atoms with Gasteiger partial charge in [0.05, 0.1) is 18.6 Å². The van der Waals surface area contributed by atoms with Gasteiger partial charge in [-0.2, -0.15) is 11.8 Å². The molecule has 0 heterocycles. The smallest absolute Gasteiger partial charge is 0.240 e. The van der Waals surface area contributed by atoms with E-state index in [2.05, 4.69) is 4.72 Å². The lowest BCUT2D eigenvalue weighted by Crippen LogP contribution is -2.26. The number of benzene rings is 1. The lowest BCUT2D eigenvalue weighted by atomic mass is 10.2. The Kier molecular flexibility index (Phi) is 5.94. The number of thioether (sulfide) groups is 1. The van der Waals surface area contributed by atoms with Gasteiger partial charge in [-0.1, -0.05) is 0 Å². The van der Waals surface area contributed by atoms with Crippen LogP contribution in [0.25, 0.3) is 0 Å². The van der Waals surface area contributed by atoms with Gasteiger partial charge in [0.1, 0.15) is 5.75 Å². The predicted octanol–water partition coefficient (Wildman–Crippen LogP) is 0.829. The Bertz CT molecular complexity index is 488. The van der Waals surface area contributed by atoms with E-state index in [0.29, 0.717) is 23.6 Å². The SMILES string of the molecule is COc1ccc(S(=O)(=O)NCCSC)cc1CO. The Morgan fingerprint density at radius 3 is 2.72 bits per heavy atom. The van der Waals surface area contributed by atoms with Crippen LogP contribution in [0.3, 0.4) is 0 Å². The molecular weight excluding hydrogens is 274 g/mol. The first-order valence-corrected chi connectivity index (χ1v) is 8.19. The number of rotatable bonds is 7. The van der Waals surface area contributed by atoms with Crippen LogP contribution in [0.4, 0.5) is 0 Å². The minimum Gasteiger partial charge on any atom is -0.496 e. The van der Waals surface area contributed by atoms with E-state index in [1.165, 1.54) is 25.3 Å². The third-order valence-corrected chi connectivity index (χ3v) is 4.40. The molecule has 5 nitrogen and oxygen atoms in total. The van der Waals surface area contributed by atoms with Crippen molar-refractivity contribution in [2.75, 3.05) is 25.7 Å². The van der Waals surface area contributed by atoms with E-state index < -0.39 is 10.0 Å². The van der Waals surface area contributed by atoms with Gasteiger partial charge in [0.15, 0.2) is 0 Å². The van der Waals surface area contributed by atoms with Crippen molar-refractivity contribution in [3.8, 4) is 5.75 Å². The molecule has 0 unspecified atom stereocenters. The Hall–Kier alpha value is -0.760. The number of aliphatic hydroxyl groups is 1. The van der Waals surface area contributed by atoms with Crippen LogP contribution in [-0.2, 0) is 16.6 Å². The lowest BCUT2D eigenvalue weighted by molar-refractivity contribution is 0.273. The number of hydrogen-bond donors (Lipinski definition) is 2. The van der Waals surface area contributed by atoms with Gasteiger partial charge >= 0.3 is 0 Å². The molecule has 102 valence electrons. The highest BCUT2D eigenvalue weighted by Crippen LogP contribution is 2.22. The summed E-state index contributed by atoms with van der Waals surface area (Å²) in [6, 6.07) is 4.41. The second-order valence-electron chi connectivity index (χ2n) is 3.52. The van der Waals surface area contributed by atoms with E-state index >= 15 is 0 Å². The first kappa shape index (κ1) is 15.3. The highest BCUT2D eigenvalue weighted by Gasteiger charge is 2.15. The highest BCUT2D eigenvalue weighted by atomic mass is 32.2. The standard InChI is InChI=1S/C11H17NO4S2/c1-16-11-4-3-10(7-9(11)8-13)18(14,15)12-5-6-17-2/h3-4,7,12-13H,5-6,8H2,1-2H3. The number of hydrogen-bond acceptors (Lipinski definition) is 5. The van der Waals surface area contributed by atoms with Crippen molar-refractivity contribution >= 4 is 21.8 Å². The summed E-state index contributed by atoms with van der Waals surface area (Å²) in [5.74, 6) is 1.18. The molecule has 1 aromatic rings. The van der Waals surface area contributed by atoms with E-state index in [0.717, 1.165) is 0 Å². The van der Waals surface area contributed by atoms with Gasteiger partial charge in [0, 0.05) is 17.9 Å².